The molecule has 2 N–H and O–H groups in total. The second-order valence-corrected chi connectivity index (χ2v) is 4.36. The standard InChI is InChI=1S/C15H18N2O/c1-12(14-5-7-15(18-2)8-6-14)17-11-13-4-3-9-16-10-13/h3-10,12,17H,11H2,1-2H3/p+1/t12-/m0/s1. The maximum atomic E-state index is 5.16. The first kappa shape index (κ1) is 12.6. The van der Waals surface area contributed by atoms with Crippen LogP contribution in [-0.4, -0.2) is 12.1 Å². The van der Waals surface area contributed by atoms with Gasteiger partial charge >= 0.3 is 0 Å². The van der Waals surface area contributed by atoms with Crippen LogP contribution >= 0.6 is 0 Å². The molecule has 0 aliphatic heterocycles. The molecular formula is C15H19N2O+. The first-order valence-electron chi connectivity index (χ1n) is 6.16. The van der Waals surface area contributed by atoms with Crippen molar-refractivity contribution in [3.63, 3.8) is 0 Å². The summed E-state index contributed by atoms with van der Waals surface area (Å²) in [5, 5.41) is 2.30. The van der Waals surface area contributed by atoms with Crippen molar-refractivity contribution in [1.82, 2.24) is 4.98 Å². The molecule has 3 heteroatoms. The molecule has 1 aromatic carbocycles. The van der Waals surface area contributed by atoms with Crippen molar-refractivity contribution in [2.75, 3.05) is 7.11 Å². The maximum Gasteiger partial charge on any atom is 0.118 e. The van der Waals surface area contributed by atoms with Gasteiger partial charge in [-0.1, -0.05) is 6.07 Å². The molecule has 0 saturated carbocycles. The molecule has 1 atom stereocenters. The molecule has 0 radical (unpaired) electrons. The van der Waals surface area contributed by atoms with Crippen molar-refractivity contribution in [1.29, 1.82) is 0 Å². The zero-order valence-corrected chi connectivity index (χ0v) is 10.8. The van der Waals surface area contributed by atoms with Crippen molar-refractivity contribution in [3.8, 4) is 5.75 Å². The van der Waals surface area contributed by atoms with E-state index in [1.54, 1.807) is 13.3 Å². The summed E-state index contributed by atoms with van der Waals surface area (Å²) in [5.41, 5.74) is 2.55. The molecule has 18 heavy (non-hydrogen) atoms. The van der Waals surface area contributed by atoms with Crippen molar-refractivity contribution in [3.05, 3.63) is 59.9 Å². The van der Waals surface area contributed by atoms with E-state index in [0.29, 0.717) is 6.04 Å². The summed E-state index contributed by atoms with van der Waals surface area (Å²) in [5.74, 6) is 0.901. The Labute approximate surface area is 108 Å². The molecule has 0 spiro atoms. The third-order valence-electron chi connectivity index (χ3n) is 3.07. The number of ether oxygens (including phenoxy) is 1. The molecule has 2 rings (SSSR count). The molecule has 0 bridgehead atoms. The highest BCUT2D eigenvalue weighted by atomic mass is 16.5. The van der Waals surface area contributed by atoms with E-state index in [0.717, 1.165) is 12.3 Å². The molecular weight excluding hydrogens is 224 g/mol. The van der Waals surface area contributed by atoms with Gasteiger partial charge in [-0.05, 0) is 37.3 Å². The predicted molar refractivity (Wildman–Crippen MR) is 71.3 cm³/mol. The lowest BCUT2D eigenvalue weighted by Gasteiger charge is -2.11. The average molecular weight is 243 g/mol. The number of rotatable bonds is 5. The highest BCUT2D eigenvalue weighted by Gasteiger charge is 2.08. The second kappa shape index (κ2) is 6.17. The van der Waals surface area contributed by atoms with E-state index >= 15 is 0 Å². The lowest BCUT2D eigenvalue weighted by molar-refractivity contribution is -0.708. The van der Waals surface area contributed by atoms with Gasteiger partial charge in [0.15, 0.2) is 0 Å². The summed E-state index contributed by atoms with van der Waals surface area (Å²) in [6.45, 7) is 3.15. The highest BCUT2D eigenvalue weighted by Crippen LogP contribution is 2.14. The SMILES string of the molecule is COc1ccc([C@H](C)[NH2+]Cc2cccnc2)cc1. The molecule has 0 saturated heterocycles. The van der Waals surface area contributed by atoms with Crippen LogP contribution in [0.3, 0.4) is 0 Å². The molecule has 0 unspecified atom stereocenters. The van der Waals surface area contributed by atoms with Crippen LogP contribution in [-0.2, 0) is 6.54 Å². The number of nitrogens with two attached hydrogens (primary N) is 1. The minimum atomic E-state index is 0.427. The number of quaternary nitrogens is 1. The Hall–Kier alpha value is -1.87. The number of aromatic nitrogens is 1. The number of hydrogen-bond donors (Lipinski definition) is 1. The van der Waals surface area contributed by atoms with E-state index in [1.165, 1.54) is 11.1 Å². The smallest absolute Gasteiger partial charge is 0.118 e. The van der Waals surface area contributed by atoms with Gasteiger partial charge in [-0.2, -0.15) is 0 Å². The fourth-order valence-electron chi connectivity index (χ4n) is 1.88. The Morgan fingerprint density at radius 1 is 1.22 bits per heavy atom. The van der Waals surface area contributed by atoms with Gasteiger partial charge in [0, 0.05) is 23.5 Å². The lowest BCUT2D eigenvalue weighted by atomic mass is 10.1. The van der Waals surface area contributed by atoms with Crippen molar-refractivity contribution in [2.45, 2.75) is 19.5 Å². The summed E-state index contributed by atoms with van der Waals surface area (Å²) >= 11 is 0. The average Bonchev–Trinajstić information content (AvgIpc) is 2.46. The van der Waals surface area contributed by atoms with Crippen LogP contribution in [0.25, 0.3) is 0 Å². The largest absolute Gasteiger partial charge is 0.497 e. The molecule has 0 aliphatic rings. The van der Waals surface area contributed by atoms with Gasteiger partial charge < -0.3 is 10.1 Å². The molecule has 0 amide bonds. The number of hydrogen-bond acceptors (Lipinski definition) is 2. The van der Waals surface area contributed by atoms with Crippen LogP contribution in [0.1, 0.15) is 24.1 Å². The predicted octanol–water partition coefficient (Wildman–Crippen LogP) is 1.91. The monoisotopic (exact) mass is 243 g/mol. The minimum absolute atomic E-state index is 0.427. The Bertz CT molecular complexity index is 468. The molecule has 2 aromatic rings. The second-order valence-electron chi connectivity index (χ2n) is 4.36. The van der Waals surface area contributed by atoms with Crippen LogP contribution in [0.15, 0.2) is 48.8 Å². The number of pyridine rings is 1. The van der Waals surface area contributed by atoms with Crippen molar-refractivity contribution in [2.24, 2.45) is 0 Å². The Kier molecular flexibility index (Phi) is 4.31. The zero-order chi connectivity index (χ0) is 12.8. The van der Waals surface area contributed by atoms with Crippen molar-refractivity contribution < 1.29 is 10.1 Å². The molecule has 0 fully saturated rings. The van der Waals surface area contributed by atoms with E-state index in [1.807, 2.05) is 24.4 Å². The maximum absolute atomic E-state index is 5.16. The number of nitrogens with zero attached hydrogens (tertiary/aromatic N) is 1. The van der Waals surface area contributed by atoms with Crippen LogP contribution in [0.4, 0.5) is 0 Å². The van der Waals surface area contributed by atoms with Gasteiger partial charge in [-0.15, -0.1) is 0 Å². The third kappa shape index (κ3) is 3.31. The summed E-state index contributed by atoms with van der Waals surface area (Å²) in [6, 6.07) is 12.7. The zero-order valence-electron chi connectivity index (χ0n) is 10.8. The van der Waals surface area contributed by atoms with Gasteiger partial charge in [0.1, 0.15) is 18.3 Å². The normalized spacial score (nSPS) is 12.1. The molecule has 94 valence electrons. The van der Waals surface area contributed by atoms with Crippen LogP contribution in [0.2, 0.25) is 0 Å². The van der Waals surface area contributed by atoms with Gasteiger partial charge in [0.05, 0.1) is 7.11 Å². The van der Waals surface area contributed by atoms with Crippen molar-refractivity contribution >= 4 is 0 Å². The fraction of sp³-hybridized carbons (Fsp3) is 0.267. The van der Waals surface area contributed by atoms with Gasteiger partial charge in [-0.3, -0.25) is 4.98 Å². The lowest BCUT2D eigenvalue weighted by Crippen LogP contribution is -2.83. The first-order valence-corrected chi connectivity index (χ1v) is 6.16. The van der Waals surface area contributed by atoms with E-state index in [-0.39, 0.29) is 0 Å². The Morgan fingerprint density at radius 2 is 2.00 bits per heavy atom. The Balaban J connectivity index is 1.93. The fourth-order valence-corrected chi connectivity index (χ4v) is 1.88. The Morgan fingerprint density at radius 3 is 2.61 bits per heavy atom. The molecule has 1 aromatic heterocycles. The summed E-state index contributed by atoms with van der Waals surface area (Å²) in [4.78, 5) is 4.12. The third-order valence-corrected chi connectivity index (χ3v) is 3.07. The molecule has 1 heterocycles. The number of benzene rings is 1. The van der Waals surface area contributed by atoms with Crippen LogP contribution < -0.4 is 10.1 Å². The summed E-state index contributed by atoms with van der Waals surface area (Å²) < 4.78 is 5.16. The van der Waals surface area contributed by atoms with E-state index in [2.05, 4.69) is 35.4 Å². The van der Waals surface area contributed by atoms with Gasteiger partial charge in [0.25, 0.3) is 0 Å². The molecule has 3 nitrogen and oxygen atoms in total. The van der Waals surface area contributed by atoms with E-state index in [9.17, 15) is 0 Å². The number of methoxy groups -OCH3 is 1. The van der Waals surface area contributed by atoms with Gasteiger partial charge in [0.2, 0.25) is 0 Å². The summed E-state index contributed by atoms with van der Waals surface area (Å²) in [7, 11) is 1.69. The first-order chi connectivity index (χ1) is 8.79. The van der Waals surface area contributed by atoms with E-state index in [4.69, 9.17) is 4.74 Å². The summed E-state index contributed by atoms with van der Waals surface area (Å²) in [6.07, 6.45) is 3.72. The molecule has 0 aliphatic carbocycles. The minimum Gasteiger partial charge on any atom is -0.497 e. The topological polar surface area (TPSA) is 38.7 Å². The van der Waals surface area contributed by atoms with Gasteiger partial charge in [-0.25, -0.2) is 0 Å². The van der Waals surface area contributed by atoms with Crippen LogP contribution in [0.5, 0.6) is 5.75 Å². The van der Waals surface area contributed by atoms with E-state index < -0.39 is 0 Å². The quantitative estimate of drug-likeness (QED) is 0.871. The highest BCUT2D eigenvalue weighted by molar-refractivity contribution is 5.28. The van der Waals surface area contributed by atoms with Crippen LogP contribution in [0, 0.1) is 0 Å².